The fraction of sp³-hybridized carbons (Fsp3) is 0.533. The molecule has 1 fully saturated rings. The largest absolute Gasteiger partial charge is 0.481 e. The number of nitrogens with zero attached hydrogens (tertiary/aromatic N) is 5. The molecule has 0 bridgehead atoms. The van der Waals surface area contributed by atoms with Crippen molar-refractivity contribution in [2.24, 2.45) is 20.0 Å². The Hall–Kier alpha value is -2.91. The third kappa shape index (κ3) is 2.83. The molecule has 10 nitrogen and oxygen atoms in total. The van der Waals surface area contributed by atoms with Crippen LogP contribution in [0, 0.1) is 5.92 Å². The molecule has 0 radical (unpaired) electrons. The van der Waals surface area contributed by atoms with Crippen molar-refractivity contribution in [1.29, 1.82) is 0 Å². The maximum atomic E-state index is 12.5. The number of aliphatic carboxylic acids is 1. The van der Waals surface area contributed by atoms with Gasteiger partial charge in [0.2, 0.25) is 5.91 Å². The highest BCUT2D eigenvalue weighted by Gasteiger charge is 2.27. The van der Waals surface area contributed by atoms with Crippen LogP contribution in [0.1, 0.15) is 12.8 Å². The molecule has 1 N–H and O–H groups in total. The number of carboxylic acid groups (broad SMARTS) is 1. The van der Waals surface area contributed by atoms with Crippen molar-refractivity contribution < 1.29 is 14.7 Å². The van der Waals surface area contributed by atoms with Gasteiger partial charge in [0.25, 0.3) is 5.56 Å². The predicted octanol–water partition coefficient (Wildman–Crippen LogP) is -1.24. The fourth-order valence-electron chi connectivity index (χ4n) is 3.14. The molecule has 1 amide bonds. The molecular formula is C15H19N5O5. The summed E-state index contributed by atoms with van der Waals surface area (Å²) in [5.41, 5.74) is -0.568. The van der Waals surface area contributed by atoms with Gasteiger partial charge in [-0.2, -0.15) is 0 Å². The summed E-state index contributed by atoms with van der Waals surface area (Å²) in [6.07, 6.45) is 2.21. The summed E-state index contributed by atoms with van der Waals surface area (Å²) in [5, 5.41) is 9.01. The van der Waals surface area contributed by atoms with Crippen LogP contribution in [0.3, 0.4) is 0 Å². The molecule has 3 heterocycles. The van der Waals surface area contributed by atoms with Crippen LogP contribution in [-0.2, 0) is 30.2 Å². The number of piperidine rings is 1. The van der Waals surface area contributed by atoms with Crippen LogP contribution >= 0.6 is 0 Å². The minimum atomic E-state index is -0.836. The summed E-state index contributed by atoms with van der Waals surface area (Å²) >= 11 is 0. The molecule has 134 valence electrons. The Morgan fingerprint density at radius 2 is 1.84 bits per heavy atom. The van der Waals surface area contributed by atoms with Gasteiger partial charge in [0, 0.05) is 27.2 Å². The number of aryl methyl sites for hydroxylation is 1. The van der Waals surface area contributed by atoms with Crippen LogP contribution in [0.25, 0.3) is 11.2 Å². The van der Waals surface area contributed by atoms with Crippen molar-refractivity contribution >= 4 is 23.0 Å². The van der Waals surface area contributed by atoms with E-state index in [1.165, 1.54) is 29.6 Å². The van der Waals surface area contributed by atoms with E-state index >= 15 is 0 Å². The second-order valence-electron chi connectivity index (χ2n) is 6.24. The SMILES string of the molecule is Cn1c(=O)c2c(ncn2CC(=O)N2CCC(C(=O)O)CC2)n(C)c1=O. The Bertz CT molecular complexity index is 961. The molecule has 0 aliphatic carbocycles. The van der Waals surface area contributed by atoms with Crippen LogP contribution in [0.15, 0.2) is 15.9 Å². The van der Waals surface area contributed by atoms with Gasteiger partial charge in [0.1, 0.15) is 6.54 Å². The first-order valence-electron chi connectivity index (χ1n) is 7.92. The van der Waals surface area contributed by atoms with Crippen LogP contribution < -0.4 is 11.2 Å². The highest BCUT2D eigenvalue weighted by atomic mass is 16.4. The molecule has 1 aliphatic rings. The maximum Gasteiger partial charge on any atom is 0.332 e. The van der Waals surface area contributed by atoms with E-state index in [0.717, 1.165) is 4.57 Å². The first-order valence-corrected chi connectivity index (χ1v) is 7.92. The quantitative estimate of drug-likeness (QED) is 0.740. The third-order valence-electron chi connectivity index (χ3n) is 4.72. The van der Waals surface area contributed by atoms with Gasteiger partial charge >= 0.3 is 11.7 Å². The van der Waals surface area contributed by atoms with E-state index < -0.39 is 23.1 Å². The number of hydrogen-bond acceptors (Lipinski definition) is 5. The fourth-order valence-corrected chi connectivity index (χ4v) is 3.14. The van der Waals surface area contributed by atoms with Crippen LogP contribution in [-0.4, -0.2) is 53.7 Å². The molecule has 0 aromatic carbocycles. The lowest BCUT2D eigenvalue weighted by Crippen LogP contribution is -2.42. The number of aromatic nitrogens is 4. The minimum Gasteiger partial charge on any atom is -0.481 e. The summed E-state index contributed by atoms with van der Waals surface area (Å²) in [7, 11) is 2.89. The van der Waals surface area contributed by atoms with E-state index in [9.17, 15) is 19.2 Å². The van der Waals surface area contributed by atoms with Crippen molar-refractivity contribution in [2.45, 2.75) is 19.4 Å². The normalized spacial score (nSPS) is 15.7. The van der Waals surface area contributed by atoms with Gasteiger partial charge in [-0.15, -0.1) is 0 Å². The van der Waals surface area contributed by atoms with E-state index in [1.54, 1.807) is 4.90 Å². The van der Waals surface area contributed by atoms with E-state index in [-0.39, 0.29) is 23.6 Å². The van der Waals surface area contributed by atoms with Crippen molar-refractivity contribution in [3.63, 3.8) is 0 Å². The van der Waals surface area contributed by atoms with Crippen LogP contribution in [0.5, 0.6) is 0 Å². The Morgan fingerprint density at radius 1 is 1.20 bits per heavy atom. The summed E-state index contributed by atoms with van der Waals surface area (Å²) < 4.78 is 3.67. The molecule has 2 aromatic rings. The summed E-state index contributed by atoms with van der Waals surface area (Å²) in [6, 6.07) is 0. The van der Waals surface area contributed by atoms with Gasteiger partial charge in [-0.05, 0) is 12.8 Å². The highest BCUT2D eigenvalue weighted by molar-refractivity contribution is 5.79. The molecule has 1 aliphatic heterocycles. The number of likely N-dealkylation sites (tertiary alicyclic amines) is 1. The second-order valence-corrected chi connectivity index (χ2v) is 6.24. The Labute approximate surface area is 141 Å². The molecule has 2 aromatic heterocycles. The zero-order chi connectivity index (χ0) is 18.3. The first kappa shape index (κ1) is 16.9. The number of carbonyl (C=O) groups is 2. The molecule has 10 heteroatoms. The molecular weight excluding hydrogens is 330 g/mol. The van der Waals surface area contributed by atoms with Gasteiger partial charge in [0.15, 0.2) is 11.2 Å². The van der Waals surface area contributed by atoms with Crippen LogP contribution in [0.4, 0.5) is 0 Å². The van der Waals surface area contributed by atoms with E-state index in [4.69, 9.17) is 5.11 Å². The first-order chi connectivity index (χ1) is 11.8. The van der Waals surface area contributed by atoms with Crippen molar-refractivity contribution in [3.8, 4) is 0 Å². The van der Waals surface area contributed by atoms with E-state index in [2.05, 4.69) is 4.98 Å². The van der Waals surface area contributed by atoms with Gasteiger partial charge in [-0.3, -0.25) is 23.5 Å². The Kier molecular flexibility index (Phi) is 4.19. The lowest BCUT2D eigenvalue weighted by atomic mass is 9.97. The zero-order valence-corrected chi connectivity index (χ0v) is 14.0. The number of rotatable bonds is 3. The second kappa shape index (κ2) is 6.19. The Morgan fingerprint density at radius 3 is 2.44 bits per heavy atom. The average Bonchev–Trinajstić information content (AvgIpc) is 3.01. The van der Waals surface area contributed by atoms with Gasteiger partial charge in [-0.1, -0.05) is 0 Å². The van der Waals surface area contributed by atoms with E-state index in [0.29, 0.717) is 25.9 Å². The molecule has 0 unspecified atom stereocenters. The Balaban J connectivity index is 1.85. The van der Waals surface area contributed by atoms with Crippen molar-refractivity contribution in [1.82, 2.24) is 23.6 Å². The van der Waals surface area contributed by atoms with E-state index in [1.807, 2.05) is 0 Å². The minimum absolute atomic E-state index is 0.0817. The van der Waals surface area contributed by atoms with Gasteiger partial charge < -0.3 is 14.6 Å². The van der Waals surface area contributed by atoms with Crippen molar-refractivity contribution in [2.75, 3.05) is 13.1 Å². The summed E-state index contributed by atoms with van der Waals surface area (Å²) in [4.78, 5) is 53.4. The lowest BCUT2D eigenvalue weighted by Gasteiger charge is -2.30. The summed E-state index contributed by atoms with van der Waals surface area (Å²) in [5.74, 6) is -1.46. The van der Waals surface area contributed by atoms with Crippen LogP contribution in [0.2, 0.25) is 0 Å². The number of carbonyl (C=O) groups excluding carboxylic acids is 1. The molecule has 3 rings (SSSR count). The molecule has 1 saturated heterocycles. The van der Waals surface area contributed by atoms with Gasteiger partial charge in [0.05, 0.1) is 12.2 Å². The topological polar surface area (TPSA) is 119 Å². The molecule has 0 saturated carbocycles. The highest BCUT2D eigenvalue weighted by Crippen LogP contribution is 2.18. The maximum absolute atomic E-state index is 12.5. The lowest BCUT2D eigenvalue weighted by molar-refractivity contribution is -0.145. The predicted molar refractivity (Wildman–Crippen MR) is 87.2 cm³/mol. The monoisotopic (exact) mass is 349 g/mol. The smallest absolute Gasteiger partial charge is 0.332 e. The molecule has 0 spiro atoms. The average molecular weight is 349 g/mol. The van der Waals surface area contributed by atoms with Crippen molar-refractivity contribution in [3.05, 3.63) is 27.2 Å². The number of fused-ring (bicyclic) bond motifs is 1. The molecule has 0 atom stereocenters. The third-order valence-corrected chi connectivity index (χ3v) is 4.72. The van der Waals surface area contributed by atoms with Gasteiger partial charge in [-0.25, -0.2) is 9.78 Å². The number of amides is 1. The standard InChI is InChI=1S/C15H19N5O5/c1-17-12-11(13(22)18(2)15(17)25)20(8-16-12)7-10(21)19-5-3-9(4-6-19)14(23)24/h8-9H,3-7H2,1-2H3,(H,23,24). The summed E-state index contributed by atoms with van der Waals surface area (Å²) in [6.45, 7) is 0.666. The zero-order valence-electron chi connectivity index (χ0n) is 14.0. The number of imidazole rings is 1. The number of hydrogen-bond donors (Lipinski definition) is 1. The molecule has 25 heavy (non-hydrogen) atoms. The number of carboxylic acids is 1.